The number of carbonyl (C=O) groups is 1. The topological polar surface area (TPSA) is 57.5 Å². The van der Waals surface area contributed by atoms with Crippen molar-refractivity contribution in [2.45, 2.75) is 84.7 Å². The van der Waals surface area contributed by atoms with Gasteiger partial charge in [0.15, 0.2) is 0 Å². The van der Waals surface area contributed by atoms with Crippen LogP contribution in [0.25, 0.3) is 0 Å². The lowest BCUT2D eigenvalue weighted by molar-refractivity contribution is -0.159. The predicted octanol–water partition coefficient (Wildman–Crippen LogP) is 5.28. The van der Waals surface area contributed by atoms with E-state index < -0.39 is 5.97 Å². The van der Waals surface area contributed by atoms with Crippen LogP contribution in [0, 0.1) is 46.3 Å². The van der Waals surface area contributed by atoms with Crippen LogP contribution >= 0.6 is 0 Å². The molecule has 0 aromatic carbocycles. The van der Waals surface area contributed by atoms with Gasteiger partial charge in [0.05, 0.1) is 6.10 Å². The molecule has 0 bridgehead atoms. The molecule has 0 amide bonds. The maximum atomic E-state index is 11.4. The van der Waals surface area contributed by atoms with E-state index in [0.717, 1.165) is 18.8 Å². The molecule has 3 heteroatoms. The molecule has 0 spiro atoms. The first-order valence-electron chi connectivity index (χ1n) is 11.3. The molecule has 3 nitrogen and oxygen atoms in total. The number of rotatable bonds is 4. The average molecular weight is 375 g/mol. The SMILES string of the molecule is C[C@H](CCC(=O)O)[C@H]1CC[C@H]2[C@@H]3CC[C@@H]4C=CCC[C@]4(C)[C@H]3C[C@H](O)[C@]12C. The summed E-state index contributed by atoms with van der Waals surface area (Å²) in [5, 5.41) is 20.5. The van der Waals surface area contributed by atoms with Crippen molar-refractivity contribution in [2.24, 2.45) is 46.3 Å². The van der Waals surface area contributed by atoms with Crippen LogP contribution in [-0.2, 0) is 4.79 Å². The lowest BCUT2D eigenvalue weighted by Crippen LogP contribution is -2.57. The third-order valence-corrected chi connectivity index (χ3v) is 9.84. The second-order valence-corrected chi connectivity index (χ2v) is 10.7. The van der Waals surface area contributed by atoms with E-state index >= 15 is 0 Å². The standard InChI is InChI=1S/C24H38O3/c1-15(7-12-22(26)27)18-10-11-19-17-9-8-16-6-4-5-13-23(16,2)20(17)14-21(25)24(18,19)3/h4,6,15-21,25H,5,7-14H2,1-3H3,(H,26,27)/t15-,16+,17+,18-,19+,20+,21+,23+,24-/m1/s1. The fourth-order valence-electron chi connectivity index (χ4n) is 8.30. The number of allylic oxidation sites excluding steroid dienone is 2. The lowest BCUT2D eigenvalue weighted by Gasteiger charge is -2.61. The molecule has 0 heterocycles. The van der Waals surface area contributed by atoms with Crippen LogP contribution in [0.5, 0.6) is 0 Å². The van der Waals surface area contributed by atoms with Crippen molar-refractivity contribution in [1.82, 2.24) is 0 Å². The summed E-state index contributed by atoms with van der Waals surface area (Å²) >= 11 is 0. The van der Waals surface area contributed by atoms with Gasteiger partial charge in [-0.3, -0.25) is 4.79 Å². The molecular weight excluding hydrogens is 336 g/mol. The second-order valence-electron chi connectivity index (χ2n) is 10.7. The van der Waals surface area contributed by atoms with Gasteiger partial charge >= 0.3 is 5.97 Å². The second kappa shape index (κ2) is 6.90. The van der Waals surface area contributed by atoms with Gasteiger partial charge in [-0.1, -0.05) is 32.9 Å². The Labute approximate surface area is 164 Å². The maximum absolute atomic E-state index is 11.4. The fourth-order valence-corrected chi connectivity index (χ4v) is 8.30. The van der Waals surface area contributed by atoms with Crippen LogP contribution in [0.1, 0.15) is 78.6 Å². The molecule has 0 radical (unpaired) electrons. The molecule has 4 aliphatic rings. The first kappa shape index (κ1) is 19.5. The summed E-state index contributed by atoms with van der Waals surface area (Å²) in [5.41, 5.74) is 0.347. The minimum atomic E-state index is -0.692. The van der Waals surface area contributed by atoms with Gasteiger partial charge in [0, 0.05) is 6.42 Å². The predicted molar refractivity (Wildman–Crippen MR) is 107 cm³/mol. The normalized spacial score (nSPS) is 49.8. The molecular formula is C24H38O3. The van der Waals surface area contributed by atoms with E-state index in [0.29, 0.717) is 35.0 Å². The van der Waals surface area contributed by atoms with E-state index in [4.69, 9.17) is 5.11 Å². The van der Waals surface area contributed by atoms with Gasteiger partial charge in [0.25, 0.3) is 0 Å². The molecule has 2 N–H and O–H groups in total. The first-order chi connectivity index (χ1) is 12.8. The van der Waals surface area contributed by atoms with Crippen LogP contribution < -0.4 is 0 Å². The summed E-state index contributed by atoms with van der Waals surface area (Å²) in [5.74, 6) is 2.89. The highest BCUT2D eigenvalue weighted by atomic mass is 16.4. The number of aliphatic hydroxyl groups is 1. The zero-order valence-electron chi connectivity index (χ0n) is 17.4. The summed E-state index contributed by atoms with van der Waals surface area (Å²) in [7, 11) is 0. The fraction of sp³-hybridized carbons (Fsp3) is 0.875. The Hall–Kier alpha value is -0.830. The Kier molecular flexibility index (Phi) is 4.98. The maximum Gasteiger partial charge on any atom is 0.303 e. The van der Waals surface area contributed by atoms with Gasteiger partial charge in [0.1, 0.15) is 0 Å². The Morgan fingerprint density at radius 1 is 1.19 bits per heavy atom. The largest absolute Gasteiger partial charge is 0.481 e. The molecule has 0 saturated heterocycles. The molecule has 9 atom stereocenters. The number of aliphatic hydroxyl groups excluding tert-OH is 1. The summed E-state index contributed by atoms with van der Waals surface area (Å²) in [6.07, 6.45) is 14.1. The zero-order valence-corrected chi connectivity index (χ0v) is 17.4. The highest BCUT2D eigenvalue weighted by molar-refractivity contribution is 5.66. The Morgan fingerprint density at radius 2 is 1.96 bits per heavy atom. The number of hydrogen-bond donors (Lipinski definition) is 2. The van der Waals surface area contributed by atoms with Crippen molar-refractivity contribution in [3.05, 3.63) is 12.2 Å². The number of carboxylic acid groups (broad SMARTS) is 1. The molecule has 0 unspecified atom stereocenters. The van der Waals surface area contributed by atoms with Crippen LogP contribution in [0.3, 0.4) is 0 Å². The van der Waals surface area contributed by atoms with Crippen molar-refractivity contribution in [2.75, 3.05) is 0 Å². The van der Waals surface area contributed by atoms with Gasteiger partial charge < -0.3 is 10.2 Å². The summed E-state index contributed by atoms with van der Waals surface area (Å²) in [6, 6.07) is 0. The quantitative estimate of drug-likeness (QED) is 0.658. The Balaban J connectivity index is 1.58. The molecule has 4 rings (SSSR count). The van der Waals surface area contributed by atoms with E-state index in [9.17, 15) is 9.90 Å². The number of hydrogen-bond acceptors (Lipinski definition) is 2. The van der Waals surface area contributed by atoms with E-state index in [-0.39, 0.29) is 17.9 Å². The van der Waals surface area contributed by atoms with Crippen molar-refractivity contribution < 1.29 is 15.0 Å². The summed E-state index contributed by atoms with van der Waals surface area (Å²) in [4.78, 5) is 11.0. The molecule has 3 saturated carbocycles. The third-order valence-electron chi connectivity index (χ3n) is 9.84. The van der Waals surface area contributed by atoms with Gasteiger partial charge in [-0.2, -0.15) is 0 Å². The lowest BCUT2D eigenvalue weighted by atomic mass is 9.44. The minimum absolute atomic E-state index is 0.0210. The van der Waals surface area contributed by atoms with Gasteiger partial charge in [-0.15, -0.1) is 0 Å². The van der Waals surface area contributed by atoms with Gasteiger partial charge in [-0.25, -0.2) is 0 Å². The zero-order chi connectivity index (χ0) is 19.4. The van der Waals surface area contributed by atoms with E-state index in [1.54, 1.807) is 0 Å². The van der Waals surface area contributed by atoms with Gasteiger partial charge in [-0.05, 0) is 97.7 Å². The van der Waals surface area contributed by atoms with Gasteiger partial charge in [0.2, 0.25) is 0 Å². The molecule has 27 heavy (non-hydrogen) atoms. The highest BCUT2D eigenvalue weighted by Gasteiger charge is 2.63. The molecule has 0 aliphatic heterocycles. The van der Waals surface area contributed by atoms with Crippen LogP contribution in [0.2, 0.25) is 0 Å². The van der Waals surface area contributed by atoms with E-state index in [1.807, 2.05) is 0 Å². The van der Waals surface area contributed by atoms with Crippen LogP contribution in [0.15, 0.2) is 12.2 Å². The van der Waals surface area contributed by atoms with Crippen molar-refractivity contribution >= 4 is 5.97 Å². The monoisotopic (exact) mass is 374 g/mol. The minimum Gasteiger partial charge on any atom is -0.481 e. The number of carboxylic acids is 1. The molecule has 3 fully saturated rings. The summed E-state index contributed by atoms with van der Waals surface area (Å²) < 4.78 is 0. The number of fused-ring (bicyclic) bond motifs is 5. The average Bonchev–Trinajstić information content (AvgIpc) is 2.99. The molecule has 0 aromatic heterocycles. The highest BCUT2D eigenvalue weighted by Crippen LogP contribution is 2.67. The molecule has 4 aliphatic carbocycles. The van der Waals surface area contributed by atoms with Crippen molar-refractivity contribution in [1.29, 1.82) is 0 Å². The Bertz CT molecular complexity index is 613. The smallest absolute Gasteiger partial charge is 0.303 e. The number of aliphatic carboxylic acids is 1. The van der Waals surface area contributed by atoms with E-state index in [1.165, 1.54) is 38.5 Å². The summed E-state index contributed by atoms with van der Waals surface area (Å²) in [6.45, 7) is 7.09. The van der Waals surface area contributed by atoms with Crippen molar-refractivity contribution in [3.63, 3.8) is 0 Å². The first-order valence-corrected chi connectivity index (χ1v) is 11.3. The van der Waals surface area contributed by atoms with Crippen LogP contribution in [-0.4, -0.2) is 22.3 Å². The molecule has 0 aromatic rings. The van der Waals surface area contributed by atoms with Crippen molar-refractivity contribution in [3.8, 4) is 0 Å². The van der Waals surface area contributed by atoms with Crippen LogP contribution in [0.4, 0.5) is 0 Å². The molecule has 152 valence electrons. The Morgan fingerprint density at radius 3 is 2.70 bits per heavy atom. The third kappa shape index (κ3) is 2.91. The van der Waals surface area contributed by atoms with E-state index in [2.05, 4.69) is 32.9 Å².